The number of urea groups is 1. The van der Waals surface area contributed by atoms with E-state index in [1.807, 2.05) is 17.4 Å². The number of ether oxygens (including phenoxy) is 1. The number of benzene rings is 1. The molecule has 3 N–H and O–H groups in total. The molecule has 0 bridgehead atoms. The Morgan fingerprint density at radius 2 is 1.95 bits per heavy atom. The summed E-state index contributed by atoms with van der Waals surface area (Å²) in [6.07, 6.45) is -1.17. The number of nitrogens with one attached hydrogen (secondary N) is 1. The standard InChI is InChI=1S/C14H14N2O5/c1-7-9-5-3-4-6-10(9)21-11(7)13(18)20-8(2)12(17)16-14(15)19/h3-6,8H,1-2H3,(H3,15,16,17,19). The SMILES string of the molecule is Cc1c(C(=O)OC(C)C(=O)NC(N)=O)oc2ccccc12. The van der Waals surface area contributed by atoms with Gasteiger partial charge in [-0.05, 0) is 19.9 Å². The number of carbonyl (C=O) groups is 3. The van der Waals surface area contributed by atoms with Gasteiger partial charge in [0.05, 0.1) is 0 Å². The summed E-state index contributed by atoms with van der Waals surface area (Å²) < 4.78 is 10.4. The van der Waals surface area contributed by atoms with Gasteiger partial charge in [0, 0.05) is 10.9 Å². The second-order valence-corrected chi connectivity index (χ2v) is 4.45. The van der Waals surface area contributed by atoms with Crippen LogP contribution in [0.15, 0.2) is 28.7 Å². The lowest BCUT2D eigenvalue weighted by Crippen LogP contribution is -2.42. The zero-order valence-corrected chi connectivity index (χ0v) is 11.5. The normalized spacial score (nSPS) is 11.9. The first-order chi connectivity index (χ1) is 9.90. The van der Waals surface area contributed by atoms with E-state index in [0.717, 1.165) is 5.39 Å². The van der Waals surface area contributed by atoms with Crippen molar-refractivity contribution in [1.82, 2.24) is 5.32 Å². The Hall–Kier alpha value is -2.83. The van der Waals surface area contributed by atoms with E-state index >= 15 is 0 Å². The van der Waals surface area contributed by atoms with E-state index in [2.05, 4.69) is 0 Å². The fourth-order valence-corrected chi connectivity index (χ4v) is 1.86. The predicted octanol–water partition coefficient (Wildman–Crippen LogP) is 1.48. The van der Waals surface area contributed by atoms with Crippen LogP contribution in [0.1, 0.15) is 23.0 Å². The van der Waals surface area contributed by atoms with E-state index in [1.165, 1.54) is 6.92 Å². The van der Waals surface area contributed by atoms with Crippen molar-refractivity contribution in [3.63, 3.8) is 0 Å². The Kier molecular flexibility index (Phi) is 3.93. The molecule has 1 aromatic heterocycles. The lowest BCUT2D eigenvalue weighted by atomic mass is 10.1. The molecular weight excluding hydrogens is 276 g/mol. The molecule has 0 aliphatic heterocycles. The lowest BCUT2D eigenvalue weighted by molar-refractivity contribution is -0.127. The number of furan rings is 1. The zero-order valence-electron chi connectivity index (χ0n) is 11.5. The van der Waals surface area contributed by atoms with Crippen LogP contribution in [0.25, 0.3) is 11.0 Å². The van der Waals surface area contributed by atoms with Crippen LogP contribution < -0.4 is 11.1 Å². The molecule has 0 aliphatic rings. The highest BCUT2D eigenvalue weighted by molar-refractivity contribution is 5.99. The molecule has 0 saturated heterocycles. The van der Waals surface area contributed by atoms with Gasteiger partial charge in [0.25, 0.3) is 5.91 Å². The number of esters is 1. The van der Waals surface area contributed by atoms with Gasteiger partial charge in [0.15, 0.2) is 6.10 Å². The minimum absolute atomic E-state index is 0.0231. The molecule has 110 valence electrons. The Bertz CT molecular complexity index is 719. The molecule has 2 aromatic rings. The average molecular weight is 290 g/mol. The van der Waals surface area contributed by atoms with Crippen molar-refractivity contribution in [3.8, 4) is 0 Å². The van der Waals surface area contributed by atoms with Crippen LogP contribution in [0, 0.1) is 6.92 Å². The summed E-state index contributed by atoms with van der Waals surface area (Å²) in [7, 11) is 0. The summed E-state index contributed by atoms with van der Waals surface area (Å²) in [6.45, 7) is 3.05. The summed E-state index contributed by atoms with van der Waals surface area (Å²) in [5, 5.41) is 2.62. The number of rotatable bonds is 3. The number of imide groups is 1. The third-order valence-electron chi connectivity index (χ3n) is 2.93. The van der Waals surface area contributed by atoms with Crippen molar-refractivity contribution in [1.29, 1.82) is 0 Å². The monoisotopic (exact) mass is 290 g/mol. The Balaban J connectivity index is 2.17. The number of aryl methyl sites for hydroxylation is 1. The molecule has 0 spiro atoms. The highest BCUT2D eigenvalue weighted by Crippen LogP contribution is 2.25. The molecular formula is C14H14N2O5. The van der Waals surface area contributed by atoms with Crippen molar-refractivity contribution in [2.45, 2.75) is 20.0 Å². The fraction of sp³-hybridized carbons (Fsp3) is 0.214. The third kappa shape index (κ3) is 3.02. The molecule has 7 nitrogen and oxygen atoms in total. The van der Waals surface area contributed by atoms with Crippen molar-refractivity contribution in [2.24, 2.45) is 5.73 Å². The smallest absolute Gasteiger partial charge is 0.375 e. The summed E-state index contributed by atoms with van der Waals surface area (Å²) in [5.41, 5.74) is 5.99. The Labute approximate surface area is 120 Å². The molecule has 21 heavy (non-hydrogen) atoms. The number of para-hydroxylation sites is 1. The first-order valence-corrected chi connectivity index (χ1v) is 6.19. The van der Waals surface area contributed by atoms with E-state index in [0.29, 0.717) is 11.1 Å². The minimum Gasteiger partial charge on any atom is -0.449 e. The summed E-state index contributed by atoms with van der Waals surface area (Å²) in [5.74, 6) is -1.56. The number of hydrogen-bond donors (Lipinski definition) is 2. The number of amides is 3. The highest BCUT2D eigenvalue weighted by atomic mass is 16.6. The number of primary amides is 1. The molecule has 1 unspecified atom stereocenters. The van der Waals surface area contributed by atoms with E-state index in [9.17, 15) is 14.4 Å². The van der Waals surface area contributed by atoms with E-state index in [4.69, 9.17) is 14.9 Å². The quantitative estimate of drug-likeness (QED) is 0.831. The first-order valence-electron chi connectivity index (χ1n) is 6.19. The van der Waals surface area contributed by atoms with E-state index in [-0.39, 0.29) is 5.76 Å². The number of carbonyl (C=O) groups excluding carboxylic acids is 3. The molecule has 0 saturated carbocycles. The van der Waals surface area contributed by atoms with Crippen molar-refractivity contribution in [2.75, 3.05) is 0 Å². The molecule has 0 radical (unpaired) electrons. The fourth-order valence-electron chi connectivity index (χ4n) is 1.86. The van der Waals surface area contributed by atoms with Crippen LogP contribution in [0.2, 0.25) is 0 Å². The summed E-state index contributed by atoms with van der Waals surface area (Å²) >= 11 is 0. The average Bonchev–Trinajstić information content (AvgIpc) is 2.76. The van der Waals surface area contributed by atoms with Gasteiger partial charge in [-0.15, -0.1) is 0 Å². The second-order valence-electron chi connectivity index (χ2n) is 4.45. The predicted molar refractivity (Wildman–Crippen MR) is 73.6 cm³/mol. The summed E-state index contributed by atoms with van der Waals surface area (Å²) in [4.78, 5) is 34.1. The largest absolute Gasteiger partial charge is 0.449 e. The first kappa shape index (κ1) is 14.6. The van der Waals surface area contributed by atoms with Gasteiger partial charge in [-0.1, -0.05) is 18.2 Å². The van der Waals surface area contributed by atoms with Crippen molar-refractivity contribution < 1.29 is 23.5 Å². The van der Waals surface area contributed by atoms with Gasteiger partial charge >= 0.3 is 12.0 Å². The van der Waals surface area contributed by atoms with Crippen LogP contribution >= 0.6 is 0 Å². The Morgan fingerprint density at radius 1 is 1.29 bits per heavy atom. The lowest BCUT2D eigenvalue weighted by Gasteiger charge is -2.10. The molecule has 7 heteroatoms. The highest BCUT2D eigenvalue weighted by Gasteiger charge is 2.24. The van der Waals surface area contributed by atoms with Crippen LogP contribution in [0.4, 0.5) is 4.79 Å². The van der Waals surface area contributed by atoms with Crippen molar-refractivity contribution in [3.05, 3.63) is 35.6 Å². The van der Waals surface area contributed by atoms with Crippen LogP contribution in [-0.4, -0.2) is 24.0 Å². The molecule has 2 rings (SSSR count). The van der Waals surface area contributed by atoms with E-state index in [1.54, 1.807) is 19.1 Å². The number of hydrogen-bond acceptors (Lipinski definition) is 5. The maximum absolute atomic E-state index is 12.0. The summed E-state index contributed by atoms with van der Waals surface area (Å²) in [6, 6.07) is 6.13. The second kappa shape index (κ2) is 5.66. The molecule has 0 fully saturated rings. The molecule has 3 amide bonds. The van der Waals surface area contributed by atoms with E-state index < -0.39 is 24.0 Å². The Morgan fingerprint density at radius 3 is 2.57 bits per heavy atom. The maximum Gasteiger partial charge on any atom is 0.375 e. The van der Waals surface area contributed by atoms with Gasteiger partial charge < -0.3 is 14.9 Å². The van der Waals surface area contributed by atoms with Crippen LogP contribution in [0.3, 0.4) is 0 Å². The molecule has 0 aliphatic carbocycles. The van der Waals surface area contributed by atoms with Gasteiger partial charge in [0.1, 0.15) is 5.58 Å². The topological polar surface area (TPSA) is 112 Å². The molecule has 1 aromatic carbocycles. The van der Waals surface area contributed by atoms with Gasteiger partial charge in [-0.25, -0.2) is 9.59 Å². The van der Waals surface area contributed by atoms with Gasteiger partial charge in [-0.3, -0.25) is 10.1 Å². The molecule has 1 atom stereocenters. The molecule has 1 heterocycles. The van der Waals surface area contributed by atoms with Crippen molar-refractivity contribution >= 4 is 28.9 Å². The number of nitrogens with two attached hydrogens (primary N) is 1. The third-order valence-corrected chi connectivity index (χ3v) is 2.93. The van der Waals surface area contributed by atoms with Gasteiger partial charge in [-0.2, -0.15) is 0 Å². The minimum atomic E-state index is -1.17. The zero-order chi connectivity index (χ0) is 15.6. The van der Waals surface area contributed by atoms with Crippen LogP contribution in [0.5, 0.6) is 0 Å². The maximum atomic E-state index is 12.0. The van der Waals surface area contributed by atoms with Gasteiger partial charge in [0.2, 0.25) is 5.76 Å². The number of fused-ring (bicyclic) bond motifs is 1. The van der Waals surface area contributed by atoms with Crippen LogP contribution in [-0.2, 0) is 9.53 Å².